The Morgan fingerprint density at radius 2 is 2.21 bits per heavy atom. The quantitative estimate of drug-likeness (QED) is 0.869. The Labute approximate surface area is 112 Å². The highest BCUT2D eigenvalue weighted by atomic mass is 19.1. The topological polar surface area (TPSA) is 72.3 Å². The fraction of sp³-hybridized carbons (Fsp3) is 0.500. The van der Waals surface area contributed by atoms with Crippen molar-refractivity contribution in [1.82, 2.24) is 0 Å². The van der Waals surface area contributed by atoms with E-state index in [2.05, 4.69) is 4.90 Å². The largest absolute Gasteiger partial charge is 0.366 e. The highest BCUT2D eigenvalue weighted by molar-refractivity contribution is 5.93. The molecule has 1 aliphatic heterocycles. The number of rotatable bonds is 4. The molecule has 1 amide bonds. The number of piperidine rings is 1. The summed E-state index contributed by atoms with van der Waals surface area (Å²) in [6.07, 6.45) is 4.10. The number of hydrogen-bond acceptors (Lipinski definition) is 3. The van der Waals surface area contributed by atoms with Crippen LogP contribution < -0.4 is 16.4 Å². The summed E-state index contributed by atoms with van der Waals surface area (Å²) >= 11 is 0. The molecule has 1 heterocycles. The highest BCUT2D eigenvalue weighted by Gasteiger charge is 2.24. The Morgan fingerprint density at radius 3 is 2.84 bits per heavy atom. The van der Waals surface area contributed by atoms with Gasteiger partial charge in [0.2, 0.25) is 5.91 Å². The number of carbonyl (C=O) groups is 1. The predicted octanol–water partition coefficient (Wildman–Crippen LogP) is 1.63. The SMILES string of the molecule is NCCC1CCCCN1c1ccc(C(N)=O)cc1F. The maximum absolute atomic E-state index is 14.1. The normalized spacial score (nSPS) is 19.5. The summed E-state index contributed by atoms with van der Waals surface area (Å²) in [6.45, 7) is 1.43. The molecule has 5 heteroatoms. The average molecular weight is 265 g/mol. The monoisotopic (exact) mass is 265 g/mol. The minimum atomic E-state index is -0.609. The predicted molar refractivity (Wildman–Crippen MR) is 73.6 cm³/mol. The summed E-state index contributed by atoms with van der Waals surface area (Å²) in [4.78, 5) is 13.1. The molecule has 1 aromatic rings. The van der Waals surface area contributed by atoms with Gasteiger partial charge in [0.15, 0.2) is 0 Å². The number of nitrogens with two attached hydrogens (primary N) is 2. The molecule has 0 radical (unpaired) electrons. The zero-order valence-electron chi connectivity index (χ0n) is 10.9. The first kappa shape index (κ1) is 13.8. The van der Waals surface area contributed by atoms with Crippen LogP contribution in [0.25, 0.3) is 0 Å². The minimum Gasteiger partial charge on any atom is -0.366 e. The van der Waals surface area contributed by atoms with E-state index in [1.807, 2.05) is 0 Å². The number of halogens is 1. The van der Waals surface area contributed by atoms with Gasteiger partial charge in [-0.15, -0.1) is 0 Å². The lowest BCUT2D eigenvalue weighted by Crippen LogP contribution is -2.41. The first-order valence-corrected chi connectivity index (χ1v) is 6.69. The van der Waals surface area contributed by atoms with E-state index in [1.165, 1.54) is 6.07 Å². The Morgan fingerprint density at radius 1 is 1.42 bits per heavy atom. The summed E-state index contributed by atoms with van der Waals surface area (Å²) in [6, 6.07) is 4.72. The Kier molecular flexibility index (Phi) is 4.37. The number of hydrogen-bond donors (Lipinski definition) is 2. The van der Waals surface area contributed by atoms with Crippen molar-refractivity contribution in [3.8, 4) is 0 Å². The number of benzene rings is 1. The Hall–Kier alpha value is -1.62. The molecule has 1 saturated heterocycles. The molecule has 1 aliphatic rings. The Balaban J connectivity index is 2.26. The van der Waals surface area contributed by atoms with Crippen molar-refractivity contribution in [1.29, 1.82) is 0 Å². The summed E-state index contributed by atoms with van der Waals surface area (Å²) < 4.78 is 14.1. The van der Waals surface area contributed by atoms with Crippen LogP contribution >= 0.6 is 0 Å². The molecule has 4 nitrogen and oxygen atoms in total. The minimum absolute atomic E-state index is 0.202. The smallest absolute Gasteiger partial charge is 0.248 e. The molecule has 1 aromatic carbocycles. The van der Waals surface area contributed by atoms with Gasteiger partial charge >= 0.3 is 0 Å². The van der Waals surface area contributed by atoms with Crippen LogP contribution in [0.4, 0.5) is 10.1 Å². The van der Waals surface area contributed by atoms with Crippen molar-refractivity contribution in [3.63, 3.8) is 0 Å². The first-order chi connectivity index (χ1) is 9.13. The van der Waals surface area contributed by atoms with Gasteiger partial charge in [0.05, 0.1) is 5.69 Å². The second-order valence-corrected chi connectivity index (χ2v) is 4.95. The van der Waals surface area contributed by atoms with E-state index in [4.69, 9.17) is 11.5 Å². The van der Waals surface area contributed by atoms with Gasteiger partial charge in [-0.05, 0) is 50.4 Å². The van der Waals surface area contributed by atoms with E-state index in [-0.39, 0.29) is 17.4 Å². The average Bonchev–Trinajstić information content (AvgIpc) is 2.40. The third kappa shape index (κ3) is 3.04. The third-order valence-electron chi connectivity index (χ3n) is 3.67. The van der Waals surface area contributed by atoms with Gasteiger partial charge in [-0.25, -0.2) is 4.39 Å². The molecular weight excluding hydrogens is 245 g/mol. The molecule has 0 bridgehead atoms. The first-order valence-electron chi connectivity index (χ1n) is 6.69. The van der Waals surface area contributed by atoms with Crippen molar-refractivity contribution in [2.75, 3.05) is 18.0 Å². The van der Waals surface area contributed by atoms with Crippen LogP contribution in [0.5, 0.6) is 0 Å². The van der Waals surface area contributed by atoms with Crippen molar-refractivity contribution in [2.45, 2.75) is 31.7 Å². The lowest BCUT2D eigenvalue weighted by molar-refractivity contribution is 0.1000. The number of anilines is 1. The number of primary amides is 1. The molecule has 1 fully saturated rings. The number of amides is 1. The van der Waals surface area contributed by atoms with E-state index in [0.29, 0.717) is 12.2 Å². The lowest BCUT2D eigenvalue weighted by Gasteiger charge is -2.37. The molecule has 1 unspecified atom stereocenters. The summed E-state index contributed by atoms with van der Waals surface area (Å²) in [7, 11) is 0. The number of nitrogens with zero attached hydrogens (tertiary/aromatic N) is 1. The van der Waals surface area contributed by atoms with Gasteiger partial charge in [0.25, 0.3) is 0 Å². The van der Waals surface area contributed by atoms with E-state index >= 15 is 0 Å². The molecule has 4 N–H and O–H groups in total. The number of carbonyl (C=O) groups excluding carboxylic acids is 1. The van der Waals surface area contributed by atoms with Crippen LogP contribution in [0, 0.1) is 5.82 Å². The summed E-state index contributed by atoms with van der Waals surface area (Å²) in [5.74, 6) is -0.997. The van der Waals surface area contributed by atoms with Gasteiger partial charge in [0, 0.05) is 18.2 Å². The van der Waals surface area contributed by atoms with Crippen LogP contribution in [-0.4, -0.2) is 25.0 Å². The second kappa shape index (κ2) is 6.02. The van der Waals surface area contributed by atoms with E-state index in [1.54, 1.807) is 12.1 Å². The van der Waals surface area contributed by atoms with Crippen molar-refractivity contribution < 1.29 is 9.18 Å². The zero-order valence-corrected chi connectivity index (χ0v) is 10.9. The second-order valence-electron chi connectivity index (χ2n) is 4.95. The van der Waals surface area contributed by atoms with Gasteiger partial charge < -0.3 is 16.4 Å². The Bertz CT molecular complexity index is 462. The fourth-order valence-corrected chi connectivity index (χ4v) is 2.70. The molecule has 0 spiro atoms. The molecule has 0 aliphatic carbocycles. The van der Waals surface area contributed by atoms with Gasteiger partial charge in [-0.3, -0.25) is 4.79 Å². The van der Waals surface area contributed by atoms with Crippen LogP contribution in [-0.2, 0) is 0 Å². The molecule has 19 heavy (non-hydrogen) atoms. The highest BCUT2D eigenvalue weighted by Crippen LogP contribution is 2.29. The van der Waals surface area contributed by atoms with Crippen molar-refractivity contribution >= 4 is 11.6 Å². The molecular formula is C14H20FN3O. The van der Waals surface area contributed by atoms with Crippen LogP contribution in [0.1, 0.15) is 36.0 Å². The standard InChI is InChI=1S/C14H20FN3O/c15-12-9-10(14(17)19)4-5-13(12)18-8-2-1-3-11(18)6-7-16/h4-5,9,11H,1-3,6-8,16H2,(H2,17,19). The maximum Gasteiger partial charge on any atom is 0.248 e. The van der Waals surface area contributed by atoms with Gasteiger partial charge in [0.1, 0.15) is 5.82 Å². The van der Waals surface area contributed by atoms with E-state index in [0.717, 1.165) is 32.2 Å². The zero-order chi connectivity index (χ0) is 13.8. The van der Waals surface area contributed by atoms with Crippen molar-refractivity contribution in [3.05, 3.63) is 29.6 Å². The molecule has 0 aromatic heterocycles. The van der Waals surface area contributed by atoms with Crippen LogP contribution in [0.3, 0.4) is 0 Å². The molecule has 2 rings (SSSR count). The third-order valence-corrected chi connectivity index (χ3v) is 3.67. The van der Waals surface area contributed by atoms with E-state index in [9.17, 15) is 9.18 Å². The van der Waals surface area contributed by atoms with Crippen LogP contribution in [0.2, 0.25) is 0 Å². The molecule has 1 atom stereocenters. The summed E-state index contributed by atoms with van der Waals surface area (Å²) in [5, 5.41) is 0. The lowest BCUT2D eigenvalue weighted by atomic mass is 9.98. The summed E-state index contributed by atoms with van der Waals surface area (Å²) in [5.41, 5.74) is 11.5. The van der Waals surface area contributed by atoms with Gasteiger partial charge in [-0.1, -0.05) is 0 Å². The fourth-order valence-electron chi connectivity index (χ4n) is 2.70. The molecule has 104 valence electrons. The van der Waals surface area contributed by atoms with Crippen molar-refractivity contribution in [2.24, 2.45) is 11.5 Å². The maximum atomic E-state index is 14.1. The molecule has 0 saturated carbocycles. The van der Waals surface area contributed by atoms with Crippen LogP contribution in [0.15, 0.2) is 18.2 Å². The van der Waals surface area contributed by atoms with E-state index < -0.39 is 5.91 Å². The van der Waals surface area contributed by atoms with Gasteiger partial charge in [-0.2, -0.15) is 0 Å².